The predicted molar refractivity (Wildman–Crippen MR) is 78.9 cm³/mol. The molecule has 0 saturated carbocycles. The molecule has 118 valence electrons. The monoisotopic (exact) mass is 304 g/mol. The fourth-order valence-electron chi connectivity index (χ4n) is 2.41. The molecule has 0 fully saturated rings. The van der Waals surface area contributed by atoms with Crippen molar-refractivity contribution in [1.82, 2.24) is 29.7 Å². The van der Waals surface area contributed by atoms with Gasteiger partial charge in [-0.1, -0.05) is 5.21 Å². The van der Waals surface area contributed by atoms with Gasteiger partial charge in [0.05, 0.1) is 31.2 Å². The summed E-state index contributed by atoms with van der Waals surface area (Å²) in [5.41, 5.74) is 2.12. The van der Waals surface area contributed by atoms with Crippen LogP contribution < -0.4 is 0 Å². The molecule has 3 rings (SSSR count). The molecule has 2 aromatic heterocycles. The number of rotatable bonds is 1. The van der Waals surface area contributed by atoms with E-state index in [1.807, 2.05) is 38.7 Å². The molecule has 1 aliphatic rings. The maximum Gasteiger partial charge on any atom is 0.410 e. The number of amides is 1. The van der Waals surface area contributed by atoms with Crippen LogP contribution in [0.15, 0.2) is 12.4 Å². The highest BCUT2D eigenvalue weighted by atomic mass is 16.6. The van der Waals surface area contributed by atoms with E-state index in [0.717, 1.165) is 17.0 Å². The van der Waals surface area contributed by atoms with E-state index in [1.165, 1.54) is 0 Å². The van der Waals surface area contributed by atoms with Crippen molar-refractivity contribution in [3.05, 3.63) is 18.1 Å². The van der Waals surface area contributed by atoms with Crippen molar-refractivity contribution in [2.75, 3.05) is 6.54 Å². The molecule has 0 N–H and O–H groups in total. The van der Waals surface area contributed by atoms with Crippen molar-refractivity contribution in [3.63, 3.8) is 0 Å². The predicted octanol–water partition coefficient (Wildman–Crippen LogP) is 1.43. The highest BCUT2D eigenvalue weighted by Gasteiger charge is 2.28. The summed E-state index contributed by atoms with van der Waals surface area (Å²) in [6, 6.07) is 0. The molecule has 0 radical (unpaired) electrons. The highest BCUT2D eigenvalue weighted by Crippen LogP contribution is 2.25. The van der Waals surface area contributed by atoms with Crippen molar-refractivity contribution < 1.29 is 9.53 Å². The zero-order valence-corrected chi connectivity index (χ0v) is 13.3. The summed E-state index contributed by atoms with van der Waals surface area (Å²) in [5, 5.41) is 12.4. The molecule has 0 saturated heterocycles. The first kappa shape index (κ1) is 14.6. The van der Waals surface area contributed by atoms with E-state index in [-0.39, 0.29) is 6.09 Å². The Bertz CT molecular complexity index is 696. The lowest BCUT2D eigenvalue weighted by atomic mass is 10.1. The number of aryl methyl sites for hydroxylation is 1. The fraction of sp³-hybridized carbons (Fsp3) is 0.571. The van der Waals surface area contributed by atoms with E-state index >= 15 is 0 Å². The van der Waals surface area contributed by atoms with Crippen LogP contribution in [-0.4, -0.2) is 47.9 Å². The van der Waals surface area contributed by atoms with E-state index in [0.29, 0.717) is 19.6 Å². The van der Waals surface area contributed by atoms with Gasteiger partial charge in [0, 0.05) is 19.2 Å². The fourth-order valence-corrected chi connectivity index (χ4v) is 2.41. The number of hydrogen-bond donors (Lipinski definition) is 0. The van der Waals surface area contributed by atoms with Crippen LogP contribution in [0.25, 0.3) is 11.3 Å². The molecule has 22 heavy (non-hydrogen) atoms. The van der Waals surface area contributed by atoms with Crippen molar-refractivity contribution in [3.8, 4) is 11.3 Å². The van der Waals surface area contributed by atoms with Gasteiger partial charge in [-0.2, -0.15) is 5.10 Å². The van der Waals surface area contributed by atoms with Crippen LogP contribution in [0, 0.1) is 0 Å². The average molecular weight is 304 g/mol. The van der Waals surface area contributed by atoms with Crippen molar-refractivity contribution >= 4 is 6.09 Å². The van der Waals surface area contributed by atoms with Crippen molar-refractivity contribution in [2.45, 2.75) is 39.5 Å². The number of hydrogen-bond acceptors (Lipinski definition) is 5. The van der Waals surface area contributed by atoms with E-state index in [9.17, 15) is 4.79 Å². The molecule has 0 bridgehead atoms. The SMILES string of the molecule is Cn1cc(-c2cnn3c2CN(C(=O)OC(C)(C)C)CC3)nn1. The topological polar surface area (TPSA) is 78.1 Å². The minimum absolute atomic E-state index is 0.301. The van der Waals surface area contributed by atoms with Crippen LogP contribution >= 0.6 is 0 Å². The van der Waals surface area contributed by atoms with Gasteiger partial charge < -0.3 is 9.64 Å². The molecule has 0 aromatic carbocycles. The van der Waals surface area contributed by atoms with Crippen LogP contribution in [-0.2, 0) is 24.9 Å². The molecule has 0 spiro atoms. The first-order chi connectivity index (χ1) is 10.3. The number of aromatic nitrogens is 5. The summed E-state index contributed by atoms with van der Waals surface area (Å²) in [5.74, 6) is 0. The third-order valence-corrected chi connectivity index (χ3v) is 3.40. The zero-order chi connectivity index (χ0) is 15.9. The maximum absolute atomic E-state index is 12.2. The smallest absolute Gasteiger partial charge is 0.410 e. The quantitative estimate of drug-likeness (QED) is 0.796. The molecule has 3 heterocycles. The first-order valence-electron chi connectivity index (χ1n) is 7.23. The number of carbonyl (C=O) groups is 1. The Morgan fingerprint density at radius 1 is 1.32 bits per heavy atom. The van der Waals surface area contributed by atoms with E-state index in [1.54, 1.807) is 15.8 Å². The lowest BCUT2D eigenvalue weighted by molar-refractivity contribution is 0.0195. The molecule has 8 nitrogen and oxygen atoms in total. The Labute approximate surface area is 128 Å². The second-order valence-electron chi connectivity index (χ2n) is 6.41. The molecule has 0 aliphatic carbocycles. The Hall–Kier alpha value is -2.38. The minimum atomic E-state index is -0.498. The molecular formula is C14H20N6O2. The van der Waals surface area contributed by atoms with E-state index in [2.05, 4.69) is 15.4 Å². The van der Waals surface area contributed by atoms with Crippen molar-refractivity contribution in [1.29, 1.82) is 0 Å². The van der Waals surface area contributed by atoms with Crippen LogP contribution in [0.4, 0.5) is 4.79 Å². The van der Waals surface area contributed by atoms with E-state index < -0.39 is 5.60 Å². The lowest BCUT2D eigenvalue weighted by Crippen LogP contribution is -2.41. The molecule has 0 atom stereocenters. The average Bonchev–Trinajstić information content (AvgIpc) is 3.01. The molecule has 8 heteroatoms. The molecular weight excluding hydrogens is 284 g/mol. The Morgan fingerprint density at radius 2 is 2.09 bits per heavy atom. The van der Waals surface area contributed by atoms with Gasteiger partial charge in [-0.3, -0.25) is 9.36 Å². The largest absolute Gasteiger partial charge is 0.444 e. The van der Waals surface area contributed by atoms with Gasteiger partial charge in [-0.25, -0.2) is 4.79 Å². The third-order valence-electron chi connectivity index (χ3n) is 3.40. The normalized spacial score (nSPS) is 14.8. The van der Waals surface area contributed by atoms with Crippen LogP contribution in [0.2, 0.25) is 0 Å². The third kappa shape index (κ3) is 2.81. The maximum atomic E-state index is 12.2. The van der Waals surface area contributed by atoms with Crippen LogP contribution in [0.3, 0.4) is 0 Å². The standard InChI is InChI=1S/C14H20N6O2/c1-14(2,3)22-13(21)19-5-6-20-12(9-19)10(7-15-20)11-8-18(4)17-16-11/h7-8H,5-6,9H2,1-4H3. The molecule has 2 aromatic rings. The summed E-state index contributed by atoms with van der Waals surface area (Å²) in [6.07, 6.45) is 3.31. The minimum Gasteiger partial charge on any atom is -0.444 e. The van der Waals surface area contributed by atoms with Gasteiger partial charge in [0.1, 0.15) is 11.3 Å². The highest BCUT2D eigenvalue weighted by molar-refractivity contribution is 5.69. The second-order valence-corrected chi connectivity index (χ2v) is 6.41. The van der Waals surface area contributed by atoms with Gasteiger partial charge >= 0.3 is 6.09 Å². The Morgan fingerprint density at radius 3 is 2.73 bits per heavy atom. The summed E-state index contributed by atoms with van der Waals surface area (Å²) < 4.78 is 9.00. The number of fused-ring (bicyclic) bond motifs is 1. The van der Waals surface area contributed by atoms with Gasteiger partial charge in [0.25, 0.3) is 0 Å². The van der Waals surface area contributed by atoms with Crippen LogP contribution in [0.1, 0.15) is 26.5 Å². The van der Waals surface area contributed by atoms with Crippen LogP contribution in [0.5, 0.6) is 0 Å². The second kappa shape index (κ2) is 5.11. The lowest BCUT2D eigenvalue weighted by Gasteiger charge is -2.30. The first-order valence-corrected chi connectivity index (χ1v) is 7.23. The molecule has 1 amide bonds. The number of ether oxygens (including phenoxy) is 1. The zero-order valence-electron chi connectivity index (χ0n) is 13.3. The van der Waals surface area contributed by atoms with Gasteiger partial charge in [-0.05, 0) is 20.8 Å². The summed E-state index contributed by atoms with van der Waals surface area (Å²) in [6.45, 7) is 7.29. The summed E-state index contributed by atoms with van der Waals surface area (Å²) in [4.78, 5) is 13.9. The molecule has 1 aliphatic heterocycles. The Kier molecular flexibility index (Phi) is 3.38. The van der Waals surface area contributed by atoms with Gasteiger partial charge in [0.15, 0.2) is 0 Å². The molecule has 0 unspecified atom stereocenters. The van der Waals surface area contributed by atoms with E-state index in [4.69, 9.17) is 4.74 Å². The summed E-state index contributed by atoms with van der Waals surface area (Å²) >= 11 is 0. The summed E-state index contributed by atoms with van der Waals surface area (Å²) in [7, 11) is 1.82. The number of nitrogens with zero attached hydrogens (tertiary/aromatic N) is 6. The van der Waals surface area contributed by atoms with Crippen molar-refractivity contribution in [2.24, 2.45) is 7.05 Å². The Balaban J connectivity index is 1.83. The van der Waals surface area contributed by atoms with Gasteiger partial charge in [0.2, 0.25) is 0 Å². The number of carbonyl (C=O) groups excluding carboxylic acids is 1. The van der Waals surface area contributed by atoms with Gasteiger partial charge in [-0.15, -0.1) is 5.10 Å².